The molecule has 2 N–H and O–H groups in total. The zero-order chi connectivity index (χ0) is 12.0. The van der Waals surface area contributed by atoms with E-state index in [0.717, 1.165) is 5.69 Å². The number of aryl methyl sites for hydroxylation is 1. The van der Waals surface area contributed by atoms with E-state index in [0.29, 0.717) is 11.3 Å². The molecule has 0 heterocycles. The van der Waals surface area contributed by atoms with E-state index in [4.69, 9.17) is 5.73 Å². The third-order valence-electron chi connectivity index (χ3n) is 5.08. The van der Waals surface area contributed by atoms with Crippen LogP contribution in [0.5, 0.6) is 0 Å². The van der Waals surface area contributed by atoms with Crippen molar-refractivity contribution in [2.75, 3.05) is 5.73 Å². The molecule has 92 valence electrons. The fraction of sp³-hybridized carbons (Fsp3) is 0.625. The third-order valence-corrected chi connectivity index (χ3v) is 5.08. The van der Waals surface area contributed by atoms with Gasteiger partial charge in [-0.3, -0.25) is 0 Å². The summed E-state index contributed by atoms with van der Waals surface area (Å²) < 4.78 is 0. The highest BCUT2D eigenvalue weighted by Crippen LogP contribution is 2.55. The van der Waals surface area contributed by atoms with Gasteiger partial charge in [0.2, 0.25) is 0 Å². The largest absolute Gasteiger partial charge is 0.398 e. The molecule has 1 aromatic carbocycles. The Kier molecular flexibility index (Phi) is 2.46. The molecule has 1 saturated carbocycles. The number of nitrogen functional groups attached to an aromatic ring is 1. The van der Waals surface area contributed by atoms with Gasteiger partial charge in [0, 0.05) is 5.69 Å². The van der Waals surface area contributed by atoms with Crippen LogP contribution >= 0.6 is 0 Å². The van der Waals surface area contributed by atoms with Gasteiger partial charge in [0.05, 0.1) is 0 Å². The van der Waals surface area contributed by atoms with E-state index < -0.39 is 0 Å². The van der Waals surface area contributed by atoms with Crippen LogP contribution in [0.25, 0.3) is 0 Å². The molecule has 1 spiro atoms. The Morgan fingerprint density at radius 3 is 2.59 bits per heavy atom. The van der Waals surface area contributed by atoms with Gasteiger partial charge in [-0.2, -0.15) is 0 Å². The molecule has 1 nitrogen and oxygen atoms in total. The molecule has 1 aromatic rings. The summed E-state index contributed by atoms with van der Waals surface area (Å²) in [6.07, 6.45) is 8.32. The van der Waals surface area contributed by atoms with Gasteiger partial charge in [-0.15, -0.1) is 0 Å². The van der Waals surface area contributed by atoms with Gasteiger partial charge < -0.3 is 5.73 Å². The summed E-state index contributed by atoms with van der Waals surface area (Å²) in [4.78, 5) is 0. The molecule has 2 aliphatic carbocycles. The Morgan fingerprint density at radius 1 is 1.18 bits per heavy atom. The lowest BCUT2D eigenvalue weighted by Crippen LogP contribution is -2.26. The molecule has 0 amide bonds. The molecule has 0 radical (unpaired) electrons. The van der Waals surface area contributed by atoms with Crippen molar-refractivity contribution in [1.29, 1.82) is 0 Å². The van der Waals surface area contributed by atoms with Gasteiger partial charge in [-0.1, -0.05) is 38.3 Å². The van der Waals surface area contributed by atoms with Crippen LogP contribution < -0.4 is 5.73 Å². The van der Waals surface area contributed by atoms with Gasteiger partial charge in [-0.05, 0) is 54.2 Å². The van der Waals surface area contributed by atoms with E-state index in [-0.39, 0.29) is 0 Å². The SMILES string of the molecule is Cc1ccc2c(c1N)[C@@H](C)CC21CCCCC1. The minimum Gasteiger partial charge on any atom is -0.398 e. The second-order valence-electron chi connectivity index (χ2n) is 6.20. The molecule has 0 aromatic heterocycles. The summed E-state index contributed by atoms with van der Waals surface area (Å²) in [7, 11) is 0. The maximum absolute atomic E-state index is 6.31. The molecule has 17 heavy (non-hydrogen) atoms. The number of hydrogen-bond donors (Lipinski definition) is 1. The van der Waals surface area contributed by atoms with Gasteiger partial charge in [0.15, 0.2) is 0 Å². The number of nitrogens with two attached hydrogens (primary N) is 1. The molecule has 3 rings (SSSR count). The Bertz CT molecular complexity index is 441. The third kappa shape index (κ3) is 1.51. The predicted octanol–water partition coefficient (Wildman–Crippen LogP) is 4.29. The maximum Gasteiger partial charge on any atom is 0.0382 e. The van der Waals surface area contributed by atoms with E-state index >= 15 is 0 Å². The molecular weight excluding hydrogens is 206 g/mol. The first-order valence-corrected chi connectivity index (χ1v) is 7.03. The van der Waals surface area contributed by atoms with Crippen LogP contribution in [0.1, 0.15) is 68.1 Å². The van der Waals surface area contributed by atoms with Crippen molar-refractivity contribution in [3.05, 3.63) is 28.8 Å². The van der Waals surface area contributed by atoms with Crippen molar-refractivity contribution in [1.82, 2.24) is 0 Å². The van der Waals surface area contributed by atoms with Crippen LogP contribution in [0.15, 0.2) is 12.1 Å². The number of rotatable bonds is 0. The second kappa shape index (κ2) is 3.76. The number of hydrogen-bond acceptors (Lipinski definition) is 1. The Labute approximate surface area is 104 Å². The maximum atomic E-state index is 6.31. The summed E-state index contributed by atoms with van der Waals surface area (Å²) in [6, 6.07) is 4.60. The zero-order valence-corrected chi connectivity index (χ0v) is 11.1. The van der Waals surface area contributed by atoms with Crippen LogP contribution in [-0.4, -0.2) is 0 Å². The molecule has 0 unspecified atom stereocenters. The highest BCUT2D eigenvalue weighted by atomic mass is 14.6. The zero-order valence-electron chi connectivity index (χ0n) is 11.1. The van der Waals surface area contributed by atoms with E-state index in [1.54, 1.807) is 5.56 Å². The molecular formula is C16H23N. The fourth-order valence-electron chi connectivity index (χ4n) is 4.24. The highest BCUT2D eigenvalue weighted by Gasteiger charge is 2.43. The summed E-state index contributed by atoms with van der Waals surface area (Å²) >= 11 is 0. The standard InChI is InChI=1S/C16H23N/c1-11-6-7-13-14(15(11)17)12(2)10-16(13)8-4-3-5-9-16/h6-7,12H,3-5,8-10,17H2,1-2H3/t12-/m0/s1. The first-order valence-electron chi connectivity index (χ1n) is 7.03. The van der Waals surface area contributed by atoms with Crippen LogP contribution in [0.4, 0.5) is 5.69 Å². The van der Waals surface area contributed by atoms with Crippen LogP contribution in [0, 0.1) is 6.92 Å². The van der Waals surface area contributed by atoms with Crippen LogP contribution in [-0.2, 0) is 5.41 Å². The number of benzene rings is 1. The molecule has 0 bridgehead atoms. The minimum absolute atomic E-state index is 0.481. The topological polar surface area (TPSA) is 26.0 Å². The van der Waals surface area contributed by atoms with Gasteiger partial charge in [-0.25, -0.2) is 0 Å². The van der Waals surface area contributed by atoms with E-state index in [1.165, 1.54) is 49.7 Å². The van der Waals surface area contributed by atoms with Crippen molar-refractivity contribution >= 4 is 5.69 Å². The van der Waals surface area contributed by atoms with Crippen molar-refractivity contribution in [2.24, 2.45) is 0 Å². The molecule has 2 aliphatic rings. The molecule has 1 heteroatoms. The van der Waals surface area contributed by atoms with Crippen LogP contribution in [0.3, 0.4) is 0 Å². The highest BCUT2D eigenvalue weighted by molar-refractivity contribution is 5.62. The normalized spacial score (nSPS) is 26.1. The quantitative estimate of drug-likeness (QED) is 0.660. The van der Waals surface area contributed by atoms with Crippen molar-refractivity contribution in [3.8, 4) is 0 Å². The number of anilines is 1. The average molecular weight is 229 g/mol. The fourth-order valence-corrected chi connectivity index (χ4v) is 4.24. The molecule has 0 saturated heterocycles. The van der Waals surface area contributed by atoms with Crippen molar-refractivity contribution in [3.63, 3.8) is 0 Å². The minimum atomic E-state index is 0.481. The van der Waals surface area contributed by atoms with Crippen LogP contribution in [0.2, 0.25) is 0 Å². The Morgan fingerprint density at radius 2 is 1.88 bits per heavy atom. The second-order valence-corrected chi connectivity index (χ2v) is 6.20. The van der Waals surface area contributed by atoms with Gasteiger partial charge in [0.1, 0.15) is 0 Å². The Hall–Kier alpha value is -0.980. The number of fused-ring (bicyclic) bond motifs is 2. The molecule has 1 fully saturated rings. The Balaban J connectivity index is 2.13. The van der Waals surface area contributed by atoms with Gasteiger partial charge in [0.25, 0.3) is 0 Å². The van der Waals surface area contributed by atoms with E-state index in [9.17, 15) is 0 Å². The monoisotopic (exact) mass is 229 g/mol. The lowest BCUT2D eigenvalue weighted by atomic mass is 9.70. The van der Waals surface area contributed by atoms with E-state index in [1.807, 2.05) is 0 Å². The van der Waals surface area contributed by atoms with Gasteiger partial charge >= 0.3 is 0 Å². The van der Waals surface area contributed by atoms with E-state index in [2.05, 4.69) is 26.0 Å². The van der Waals surface area contributed by atoms with Crippen molar-refractivity contribution < 1.29 is 0 Å². The summed E-state index contributed by atoms with van der Waals surface area (Å²) in [5.74, 6) is 0.656. The summed E-state index contributed by atoms with van der Waals surface area (Å²) in [6.45, 7) is 4.49. The molecule has 0 aliphatic heterocycles. The first kappa shape index (κ1) is 11.1. The smallest absolute Gasteiger partial charge is 0.0382 e. The summed E-state index contributed by atoms with van der Waals surface area (Å²) in [5.41, 5.74) is 12.2. The average Bonchev–Trinajstić information content (AvgIpc) is 2.58. The van der Waals surface area contributed by atoms with Crippen molar-refractivity contribution in [2.45, 2.75) is 63.7 Å². The predicted molar refractivity (Wildman–Crippen MR) is 73.4 cm³/mol. The lowest BCUT2D eigenvalue weighted by molar-refractivity contribution is 0.282. The summed E-state index contributed by atoms with van der Waals surface area (Å²) in [5, 5.41) is 0. The lowest BCUT2D eigenvalue weighted by Gasteiger charge is -2.35. The first-order chi connectivity index (χ1) is 8.14. The molecule has 1 atom stereocenters.